The molecule has 11 heteroatoms. The predicted octanol–water partition coefficient (Wildman–Crippen LogP) is 6.78. The lowest BCUT2D eigenvalue weighted by Gasteiger charge is -2.25. The van der Waals surface area contributed by atoms with Gasteiger partial charge in [0.1, 0.15) is 12.4 Å². The van der Waals surface area contributed by atoms with Crippen LogP contribution in [-0.2, 0) is 11.4 Å². The molecule has 1 aliphatic rings. The Morgan fingerprint density at radius 3 is 2.51 bits per heavy atom. The molecule has 0 aliphatic carbocycles. The van der Waals surface area contributed by atoms with Crippen molar-refractivity contribution in [2.75, 3.05) is 19.5 Å². The van der Waals surface area contributed by atoms with Crippen molar-refractivity contribution in [3.8, 4) is 17.2 Å². The van der Waals surface area contributed by atoms with Crippen LogP contribution < -0.4 is 34.4 Å². The van der Waals surface area contributed by atoms with Gasteiger partial charge in [-0.1, -0.05) is 77.0 Å². The molecule has 1 amide bonds. The summed E-state index contributed by atoms with van der Waals surface area (Å²) in [4.78, 5) is 33.2. The highest BCUT2D eigenvalue weighted by molar-refractivity contribution is 7.07. The number of hydrogen-bond donors (Lipinski definition) is 1. The number of amides is 1. The Morgan fingerprint density at radius 2 is 1.77 bits per heavy atom. The zero-order valence-electron chi connectivity index (χ0n) is 25.6. The third-order valence-electron chi connectivity index (χ3n) is 7.59. The van der Waals surface area contributed by atoms with Gasteiger partial charge in [0.2, 0.25) is 0 Å². The summed E-state index contributed by atoms with van der Waals surface area (Å²) in [6, 6.07) is 26.4. The molecule has 8 nitrogen and oxygen atoms in total. The summed E-state index contributed by atoms with van der Waals surface area (Å²) in [7, 11) is 3.13. The molecule has 1 atom stereocenters. The SMILES string of the molecule is COc1cccc([C@H]2C(C(=O)Nc3ccccc3)=C(C)N=c3s/c(=C\c4ccc(OCc5ccc(Cl)cc5Cl)c(OC)c4)c(=O)n32)c1. The molecule has 2 heterocycles. The number of para-hydroxylation sites is 1. The van der Waals surface area contributed by atoms with E-state index in [0.29, 0.717) is 59.1 Å². The highest BCUT2D eigenvalue weighted by atomic mass is 35.5. The van der Waals surface area contributed by atoms with Gasteiger partial charge in [-0.05, 0) is 72.7 Å². The molecule has 0 spiro atoms. The highest BCUT2D eigenvalue weighted by Gasteiger charge is 2.32. The van der Waals surface area contributed by atoms with Gasteiger partial charge in [0, 0.05) is 21.3 Å². The first-order valence-corrected chi connectivity index (χ1v) is 16.1. The molecule has 0 fully saturated rings. The number of benzene rings is 4. The number of methoxy groups -OCH3 is 2. The number of ether oxygens (including phenoxy) is 3. The molecule has 4 aromatic carbocycles. The maximum absolute atomic E-state index is 14.1. The number of carbonyl (C=O) groups is 1. The fourth-order valence-corrected chi connectivity index (χ4v) is 6.81. The van der Waals surface area contributed by atoms with Crippen LogP contribution in [0.25, 0.3) is 6.08 Å². The number of rotatable bonds is 9. The predicted molar refractivity (Wildman–Crippen MR) is 186 cm³/mol. The van der Waals surface area contributed by atoms with Gasteiger partial charge in [0.05, 0.1) is 36.1 Å². The fourth-order valence-electron chi connectivity index (χ4n) is 5.30. The second-order valence-corrected chi connectivity index (χ2v) is 12.5. The molecule has 0 saturated heterocycles. The van der Waals surface area contributed by atoms with Gasteiger partial charge in [-0.3, -0.25) is 14.2 Å². The number of aromatic nitrogens is 1. The van der Waals surface area contributed by atoms with E-state index in [4.69, 9.17) is 42.4 Å². The summed E-state index contributed by atoms with van der Waals surface area (Å²) >= 11 is 13.6. The van der Waals surface area contributed by atoms with Crippen LogP contribution in [0.15, 0.2) is 112 Å². The Balaban J connectivity index is 1.38. The van der Waals surface area contributed by atoms with Crippen molar-refractivity contribution in [1.82, 2.24) is 4.57 Å². The van der Waals surface area contributed by atoms with Gasteiger partial charge >= 0.3 is 0 Å². The Hall–Kier alpha value is -4.83. The lowest BCUT2D eigenvalue weighted by atomic mass is 9.95. The van der Waals surface area contributed by atoms with Gasteiger partial charge in [-0.25, -0.2) is 4.99 Å². The molecule has 1 aromatic heterocycles. The Bertz CT molecular complexity index is 2190. The van der Waals surface area contributed by atoms with Crippen molar-refractivity contribution in [3.05, 3.63) is 149 Å². The largest absolute Gasteiger partial charge is 0.497 e. The Kier molecular flexibility index (Phi) is 9.49. The molecule has 238 valence electrons. The number of nitrogens with one attached hydrogen (secondary N) is 1. The molecular formula is C36H29Cl2N3O5S. The summed E-state index contributed by atoms with van der Waals surface area (Å²) < 4.78 is 19.1. The second kappa shape index (κ2) is 13.9. The maximum Gasteiger partial charge on any atom is 0.271 e. The number of hydrogen-bond acceptors (Lipinski definition) is 7. The van der Waals surface area contributed by atoms with Crippen molar-refractivity contribution in [2.24, 2.45) is 4.99 Å². The first-order chi connectivity index (χ1) is 22.7. The summed E-state index contributed by atoms with van der Waals surface area (Å²) in [6.45, 7) is 2.00. The standard InChI is InChI=1S/C36H29Cl2N3O5S/c1-21-32(34(42)40-26-9-5-4-6-10-26)33(23-8-7-11-27(18-23)44-2)41-35(43)31(47-36(41)39-21)17-22-12-15-29(30(16-22)45-3)46-20-24-13-14-25(37)19-28(24)38/h4-19,33H,20H2,1-3H3,(H,40,42)/b31-17-/t33-/m0/s1. The van der Waals surface area contributed by atoms with Crippen LogP contribution in [0.1, 0.15) is 29.7 Å². The minimum Gasteiger partial charge on any atom is -0.497 e. The van der Waals surface area contributed by atoms with E-state index in [9.17, 15) is 9.59 Å². The third kappa shape index (κ3) is 6.83. The molecule has 1 aliphatic heterocycles. The topological polar surface area (TPSA) is 91.2 Å². The van der Waals surface area contributed by atoms with Crippen LogP contribution >= 0.6 is 34.5 Å². The summed E-state index contributed by atoms with van der Waals surface area (Å²) in [5.74, 6) is 1.26. The Labute approximate surface area is 284 Å². The first-order valence-electron chi connectivity index (χ1n) is 14.5. The minimum atomic E-state index is -0.739. The van der Waals surface area contributed by atoms with Crippen LogP contribution in [0.2, 0.25) is 10.0 Å². The molecule has 0 bridgehead atoms. The molecule has 0 radical (unpaired) electrons. The lowest BCUT2D eigenvalue weighted by molar-refractivity contribution is -0.113. The monoisotopic (exact) mass is 685 g/mol. The van der Waals surface area contributed by atoms with Crippen molar-refractivity contribution >= 4 is 52.2 Å². The quantitative estimate of drug-likeness (QED) is 0.185. The molecule has 5 aromatic rings. The van der Waals surface area contributed by atoms with Gasteiger partial charge in [0.15, 0.2) is 16.3 Å². The van der Waals surface area contributed by atoms with Crippen LogP contribution in [0.5, 0.6) is 17.2 Å². The zero-order valence-corrected chi connectivity index (χ0v) is 28.0. The molecule has 0 saturated carbocycles. The molecule has 1 N–H and O–H groups in total. The van der Waals surface area contributed by atoms with E-state index in [0.717, 1.165) is 11.1 Å². The van der Waals surface area contributed by atoms with Gasteiger partial charge in [-0.15, -0.1) is 0 Å². The average molecular weight is 687 g/mol. The van der Waals surface area contributed by atoms with E-state index in [1.54, 1.807) is 68.2 Å². The van der Waals surface area contributed by atoms with E-state index in [1.165, 1.54) is 11.3 Å². The molecule has 6 rings (SSSR count). The van der Waals surface area contributed by atoms with Crippen molar-refractivity contribution in [3.63, 3.8) is 0 Å². The van der Waals surface area contributed by atoms with E-state index in [-0.39, 0.29) is 18.1 Å². The minimum absolute atomic E-state index is 0.216. The van der Waals surface area contributed by atoms with Gasteiger partial charge in [0.25, 0.3) is 11.5 Å². The number of halogens is 2. The fraction of sp³-hybridized carbons (Fsp3) is 0.139. The number of carbonyl (C=O) groups excluding carboxylic acids is 1. The van der Waals surface area contributed by atoms with E-state index in [1.807, 2.05) is 54.6 Å². The first kappa shape index (κ1) is 32.1. The van der Waals surface area contributed by atoms with Crippen molar-refractivity contribution < 1.29 is 19.0 Å². The summed E-state index contributed by atoms with van der Waals surface area (Å²) in [5.41, 5.74) is 3.45. The number of anilines is 1. The van der Waals surface area contributed by atoms with Crippen LogP contribution in [-0.4, -0.2) is 24.7 Å². The zero-order chi connectivity index (χ0) is 33.1. The van der Waals surface area contributed by atoms with E-state index >= 15 is 0 Å². The normalized spacial score (nSPS) is 14.3. The number of fused-ring (bicyclic) bond motifs is 1. The second-order valence-electron chi connectivity index (χ2n) is 10.6. The summed E-state index contributed by atoms with van der Waals surface area (Å²) in [5, 5.41) is 4.01. The highest BCUT2D eigenvalue weighted by Crippen LogP contribution is 2.33. The van der Waals surface area contributed by atoms with Crippen LogP contribution in [0.4, 0.5) is 5.69 Å². The molecule has 47 heavy (non-hydrogen) atoms. The van der Waals surface area contributed by atoms with Crippen molar-refractivity contribution in [2.45, 2.75) is 19.6 Å². The molecular weight excluding hydrogens is 657 g/mol. The number of allylic oxidation sites excluding steroid dienone is 1. The van der Waals surface area contributed by atoms with E-state index in [2.05, 4.69) is 5.32 Å². The summed E-state index contributed by atoms with van der Waals surface area (Å²) in [6.07, 6.45) is 1.78. The van der Waals surface area contributed by atoms with Gasteiger partial charge < -0.3 is 19.5 Å². The molecule has 0 unspecified atom stereocenters. The van der Waals surface area contributed by atoms with Crippen molar-refractivity contribution in [1.29, 1.82) is 0 Å². The van der Waals surface area contributed by atoms with Crippen LogP contribution in [0.3, 0.4) is 0 Å². The number of nitrogens with zero attached hydrogens (tertiary/aromatic N) is 2. The average Bonchev–Trinajstić information content (AvgIpc) is 3.37. The smallest absolute Gasteiger partial charge is 0.271 e. The maximum atomic E-state index is 14.1. The van der Waals surface area contributed by atoms with E-state index < -0.39 is 6.04 Å². The number of thiazole rings is 1. The lowest BCUT2D eigenvalue weighted by Crippen LogP contribution is -2.40. The van der Waals surface area contributed by atoms with Gasteiger partial charge in [-0.2, -0.15) is 0 Å². The Morgan fingerprint density at radius 1 is 0.957 bits per heavy atom. The van der Waals surface area contributed by atoms with Crippen LogP contribution in [0, 0.1) is 0 Å². The third-order valence-corrected chi connectivity index (χ3v) is 9.16.